The van der Waals surface area contributed by atoms with E-state index < -0.39 is 0 Å². The van der Waals surface area contributed by atoms with Crippen molar-refractivity contribution in [3.63, 3.8) is 0 Å². The summed E-state index contributed by atoms with van der Waals surface area (Å²) in [4.78, 5) is 3.24. The van der Waals surface area contributed by atoms with E-state index >= 15 is 0 Å². The maximum absolute atomic E-state index is 9.04. The molecule has 0 heterocycles. The molecular weight excluding hydrogens is 270 g/mol. The molecule has 3 N–H and O–H groups in total. The fourth-order valence-electron chi connectivity index (χ4n) is 2.14. The minimum Gasteiger partial charge on any atom is -0.409 e. The van der Waals surface area contributed by atoms with Crippen molar-refractivity contribution in [1.29, 1.82) is 0 Å². The maximum atomic E-state index is 9.04. The van der Waals surface area contributed by atoms with Crippen LogP contribution >= 0.6 is 11.8 Å². The van der Waals surface area contributed by atoms with Gasteiger partial charge in [0.05, 0.1) is 5.56 Å². The highest BCUT2D eigenvalue weighted by molar-refractivity contribution is 7.99. The van der Waals surface area contributed by atoms with E-state index in [9.17, 15) is 0 Å². The number of benzene rings is 1. The monoisotopic (exact) mass is 295 g/mol. The summed E-state index contributed by atoms with van der Waals surface area (Å²) in [5.41, 5.74) is 7.74. The molecule has 0 spiro atoms. The summed E-state index contributed by atoms with van der Waals surface area (Å²) in [6.07, 6.45) is 3.56. The molecule has 0 unspecified atom stereocenters. The topological polar surface area (TPSA) is 61.8 Å². The van der Waals surface area contributed by atoms with Crippen LogP contribution in [0.5, 0.6) is 0 Å². The third-order valence-electron chi connectivity index (χ3n) is 3.18. The number of nitrogens with zero attached hydrogens (tertiary/aromatic N) is 2. The standard InChI is InChI=1S/C15H25N3OS/c1-4-6-7-11-18(3)12-9-8-10-13(20-5-2)14(12)15(16)17-19/h8-10,19H,4-7,11H2,1-3H3,(H2,16,17). The Balaban J connectivity index is 3.07. The van der Waals surface area contributed by atoms with Crippen LogP contribution < -0.4 is 10.6 Å². The van der Waals surface area contributed by atoms with Crippen LogP contribution in [0.1, 0.15) is 38.7 Å². The van der Waals surface area contributed by atoms with Crippen LogP contribution in [-0.2, 0) is 0 Å². The van der Waals surface area contributed by atoms with E-state index in [2.05, 4.69) is 31.0 Å². The molecule has 4 nitrogen and oxygen atoms in total. The number of anilines is 1. The molecule has 0 aliphatic rings. The summed E-state index contributed by atoms with van der Waals surface area (Å²) in [5.74, 6) is 1.13. The largest absolute Gasteiger partial charge is 0.409 e. The Morgan fingerprint density at radius 3 is 2.70 bits per heavy atom. The van der Waals surface area contributed by atoms with Crippen molar-refractivity contribution in [2.75, 3.05) is 24.2 Å². The van der Waals surface area contributed by atoms with Crippen molar-refractivity contribution in [3.05, 3.63) is 23.8 Å². The molecule has 0 aliphatic heterocycles. The molecule has 0 bridgehead atoms. The molecule has 0 saturated heterocycles. The van der Waals surface area contributed by atoms with E-state index in [0.29, 0.717) is 0 Å². The highest BCUT2D eigenvalue weighted by Gasteiger charge is 2.15. The average molecular weight is 295 g/mol. The number of hydrogen-bond donors (Lipinski definition) is 2. The lowest BCUT2D eigenvalue weighted by atomic mass is 10.1. The number of rotatable bonds is 8. The van der Waals surface area contributed by atoms with Gasteiger partial charge >= 0.3 is 0 Å². The first-order valence-electron chi connectivity index (χ1n) is 7.10. The zero-order valence-corrected chi connectivity index (χ0v) is 13.4. The quantitative estimate of drug-likeness (QED) is 0.192. The maximum Gasteiger partial charge on any atom is 0.173 e. The summed E-state index contributed by atoms with van der Waals surface area (Å²) in [7, 11) is 2.06. The average Bonchev–Trinajstić information content (AvgIpc) is 2.46. The molecule has 0 aliphatic carbocycles. The van der Waals surface area contributed by atoms with Gasteiger partial charge in [-0.1, -0.05) is 37.9 Å². The van der Waals surface area contributed by atoms with Crippen LogP contribution in [0.15, 0.2) is 28.3 Å². The number of thioether (sulfide) groups is 1. The summed E-state index contributed by atoms with van der Waals surface area (Å²) in [6, 6.07) is 6.07. The summed E-state index contributed by atoms with van der Waals surface area (Å²) in [6.45, 7) is 5.26. The van der Waals surface area contributed by atoms with Gasteiger partial charge in [0, 0.05) is 24.2 Å². The van der Waals surface area contributed by atoms with Crippen LogP contribution in [0, 0.1) is 0 Å². The fourth-order valence-corrected chi connectivity index (χ4v) is 2.98. The first-order valence-corrected chi connectivity index (χ1v) is 8.09. The molecule has 1 aromatic rings. The SMILES string of the molecule is CCCCCN(C)c1cccc(SCC)c1/C(N)=N/O. The van der Waals surface area contributed by atoms with E-state index in [1.165, 1.54) is 12.8 Å². The van der Waals surface area contributed by atoms with Gasteiger partial charge in [0.15, 0.2) is 5.84 Å². The molecular formula is C15H25N3OS. The smallest absolute Gasteiger partial charge is 0.173 e. The minimum atomic E-state index is 0.180. The molecule has 0 amide bonds. The van der Waals surface area contributed by atoms with Crippen LogP contribution in [0.4, 0.5) is 5.69 Å². The lowest BCUT2D eigenvalue weighted by Crippen LogP contribution is -2.24. The van der Waals surface area contributed by atoms with Crippen molar-refractivity contribution in [2.24, 2.45) is 10.9 Å². The molecule has 20 heavy (non-hydrogen) atoms. The molecule has 1 aromatic carbocycles. The van der Waals surface area contributed by atoms with Crippen molar-refractivity contribution >= 4 is 23.3 Å². The number of hydrogen-bond acceptors (Lipinski definition) is 4. The second kappa shape index (κ2) is 8.74. The van der Waals surface area contributed by atoms with Gasteiger partial charge in [-0.15, -0.1) is 11.8 Å². The summed E-state index contributed by atoms with van der Waals surface area (Å²) < 4.78 is 0. The molecule has 5 heteroatoms. The second-order valence-electron chi connectivity index (χ2n) is 4.70. The van der Waals surface area contributed by atoms with E-state index in [-0.39, 0.29) is 5.84 Å². The highest BCUT2D eigenvalue weighted by Crippen LogP contribution is 2.30. The normalized spacial score (nSPS) is 11.7. The number of nitrogens with two attached hydrogens (primary N) is 1. The first-order chi connectivity index (χ1) is 9.65. The van der Waals surface area contributed by atoms with Gasteiger partial charge in [-0.05, 0) is 24.3 Å². The Kier molecular flexibility index (Phi) is 7.30. The van der Waals surface area contributed by atoms with Crippen molar-refractivity contribution in [3.8, 4) is 0 Å². The van der Waals surface area contributed by atoms with E-state index in [4.69, 9.17) is 10.9 Å². The van der Waals surface area contributed by atoms with Gasteiger partial charge in [0.1, 0.15) is 0 Å². The Hall–Kier alpha value is -1.36. The van der Waals surface area contributed by atoms with Gasteiger partial charge in [0.25, 0.3) is 0 Å². The molecule has 0 atom stereocenters. The van der Waals surface area contributed by atoms with Crippen molar-refractivity contribution in [1.82, 2.24) is 0 Å². The molecule has 0 saturated carbocycles. The van der Waals surface area contributed by atoms with Crippen LogP contribution in [0.2, 0.25) is 0 Å². The van der Waals surface area contributed by atoms with Gasteiger partial charge < -0.3 is 15.8 Å². The van der Waals surface area contributed by atoms with Crippen molar-refractivity contribution < 1.29 is 5.21 Å². The van der Waals surface area contributed by atoms with Crippen LogP contribution in [0.25, 0.3) is 0 Å². The summed E-state index contributed by atoms with van der Waals surface area (Å²) >= 11 is 1.71. The molecule has 0 fully saturated rings. The molecule has 0 radical (unpaired) electrons. The molecule has 0 aromatic heterocycles. The number of oxime groups is 1. The second-order valence-corrected chi connectivity index (χ2v) is 6.00. The van der Waals surface area contributed by atoms with E-state index in [1.807, 2.05) is 18.2 Å². The van der Waals surface area contributed by atoms with Gasteiger partial charge in [-0.25, -0.2) is 0 Å². The predicted molar refractivity (Wildman–Crippen MR) is 88.1 cm³/mol. The Labute approximate surface area is 126 Å². The third-order valence-corrected chi connectivity index (χ3v) is 4.12. The number of unbranched alkanes of at least 4 members (excludes halogenated alkanes) is 2. The van der Waals surface area contributed by atoms with Gasteiger partial charge in [-0.3, -0.25) is 0 Å². The van der Waals surface area contributed by atoms with Crippen LogP contribution in [-0.4, -0.2) is 30.4 Å². The minimum absolute atomic E-state index is 0.180. The lowest BCUT2D eigenvalue weighted by molar-refractivity contribution is 0.318. The Bertz CT molecular complexity index is 449. The fraction of sp³-hybridized carbons (Fsp3) is 0.533. The molecule has 112 valence electrons. The predicted octanol–water partition coefficient (Wildman–Crippen LogP) is 3.52. The lowest BCUT2D eigenvalue weighted by Gasteiger charge is -2.23. The first kappa shape index (κ1) is 16.7. The third kappa shape index (κ3) is 4.34. The zero-order chi connectivity index (χ0) is 15.0. The zero-order valence-electron chi connectivity index (χ0n) is 12.6. The molecule has 1 rings (SSSR count). The summed E-state index contributed by atoms with van der Waals surface area (Å²) in [5, 5.41) is 12.2. The highest BCUT2D eigenvalue weighted by atomic mass is 32.2. The van der Waals surface area contributed by atoms with Gasteiger partial charge in [-0.2, -0.15) is 0 Å². The van der Waals surface area contributed by atoms with E-state index in [1.54, 1.807) is 11.8 Å². The van der Waals surface area contributed by atoms with Crippen molar-refractivity contribution in [2.45, 2.75) is 38.0 Å². The number of amidine groups is 1. The Morgan fingerprint density at radius 2 is 2.10 bits per heavy atom. The van der Waals surface area contributed by atoms with Gasteiger partial charge in [0.2, 0.25) is 0 Å². The van der Waals surface area contributed by atoms with E-state index in [0.717, 1.165) is 34.9 Å². The Morgan fingerprint density at radius 1 is 1.35 bits per heavy atom. The van der Waals surface area contributed by atoms with Crippen LogP contribution in [0.3, 0.4) is 0 Å².